The molecule has 1 aliphatic rings. The summed E-state index contributed by atoms with van der Waals surface area (Å²) in [5, 5.41) is 11.6. The smallest absolute Gasteiger partial charge is 0.155 e. The quantitative estimate of drug-likeness (QED) is 0.781. The number of nitrogens with zero attached hydrogens (tertiary/aromatic N) is 2. The first-order valence-corrected chi connectivity index (χ1v) is 4.92. The molecule has 0 aliphatic carbocycles. The predicted octanol–water partition coefficient (Wildman–Crippen LogP) is 1.86. The van der Waals surface area contributed by atoms with Gasteiger partial charge in [-0.05, 0) is 24.6 Å². The van der Waals surface area contributed by atoms with Crippen LogP contribution in [0.5, 0.6) is 0 Å². The van der Waals surface area contributed by atoms with Crippen LogP contribution in [0.25, 0.3) is 0 Å². The van der Waals surface area contributed by atoms with Crippen LogP contribution in [0.4, 0.5) is 0 Å². The van der Waals surface area contributed by atoms with E-state index in [9.17, 15) is 0 Å². The van der Waals surface area contributed by atoms with Gasteiger partial charge in [-0.2, -0.15) is 0 Å². The van der Waals surface area contributed by atoms with Gasteiger partial charge >= 0.3 is 0 Å². The Morgan fingerprint density at radius 3 is 2.92 bits per heavy atom. The highest BCUT2D eigenvalue weighted by atomic mass is 35.5. The zero-order chi connectivity index (χ0) is 9.26. The number of hydrogen-bond donors (Lipinski definition) is 1. The highest BCUT2D eigenvalue weighted by molar-refractivity contribution is 6.31. The van der Waals surface area contributed by atoms with Crippen LogP contribution in [-0.4, -0.2) is 23.3 Å². The Morgan fingerprint density at radius 1 is 1.38 bits per heavy atom. The number of nitrogens with one attached hydrogen (secondary N) is 1. The lowest BCUT2D eigenvalue weighted by Gasteiger charge is -2.09. The summed E-state index contributed by atoms with van der Waals surface area (Å²) in [5.74, 6) is 0.431. The minimum Gasteiger partial charge on any atom is -0.316 e. The Kier molecular flexibility index (Phi) is 2.67. The lowest BCUT2D eigenvalue weighted by Crippen LogP contribution is -2.08. The average Bonchev–Trinajstić information content (AvgIpc) is 2.61. The van der Waals surface area contributed by atoms with E-state index >= 15 is 0 Å². The minimum absolute atomic E-state index is 0.409. The van der Waals surface area contributed by atoms with Gasteiger partial charge in [-0.3, -0.25) is 0 Å². The lowest BCUT2D eigenvalue weighted by molar-refractivity contribution is 0.752. The lowest BCUT2D eigenvalue weighted by atomic mass is 10.0. The summed E-state index contributed by atoms with van der Waals surface area (Å²) in [4.78, 5) is 0. The molecule has 2 heterocycles. The Bertz CT molecular complexity index is 310. The summed E-state index contributed by atoms with van der Waals surface area (Å²) in [7, 11) is 0. The molecule has 1 atom stereocenters. The molecule has 13 heavy (non-hydrogen) atoms. The van der Waals surface area contributed by atoms with Crippen LogP contribution in [0.1, 0.15) is 17.9 Å². The van der Waals surface area contributed by atoms with E-state index in [1.807, 2.05) is 0 Å². The Labute approximate surface area is 86.4 Å². The van der Waals surface area contributed by atoms with Crippen molar-refractivity contribution in [1.82, 2.24) is 15.5 Å². The molecule has 70 valence electrons. The molecule has 1 aliphatic heterocycles. The maximum absolute atomic E-state index is 5.92. The summed E-state index contributed by atoms with van der Waals surface area (Å²) in [5.41, 5.74) is 1.01. The van der Waals surface area contributed by atoms with E-state index in [1.54, 1.807) is 6.07 Å². The van der Waals surface area contributed by atoms with Gasteiger partial charge in [0.1, 0.15) is 0 Å². The van der Waals surface area contributed by atoms with Crippen molar-refractivity contribution < 1.29 is 0 Å². The molecule has 5 heteroatoms. The Balaban J connectivity index is 2.32. The molecule has 1 aromatic rings. The van der Waals surface area contributed by atoms with E-state index in [-0.39, 0.29) is 0 Å². The summed E-state index contributed by atoms with van der Waals surface area (Å²) in [6.07, 6.45) is 1.09. The van der Waals surface area contributed by atoms with Gasteiger partial charge in [0.25, 0.3) is 0 Å². The fourth-order valence-corrected chi connectivity index (χ4v) is 1.97. The molecule has 2 rings (SSSR count). The molecule has 1 N–H and O–H groups in total. The first-order valence-electron chi connectivity index (χ1n) is 4.16. The number of aromatic nitrogens is 2. The third-order valence-corrected chi connectivity index (χ3v) is 2.72. The van der Waals surface area contributed by atoms with Crippen LogP contribution in [0.2, 0.25) is 10.3 Å². The minimum atomic E-state index is 0.409. The standard InChI is InChI=1S/C8H9Cl2N3/c9-7-3-6(8(10)13-12-7)5-1-2-11-4-5/h3,5,11H,1-2,4H2. The predicted molar refractivity (Wildman–Crippen MR) is 52.3 cm³/mol. The van der Waals surface area contributed by atoms with Gasteiger partial charge in [0.2, 0.25) is 0 Å². The molecular weight excluding hydrogens is 209 g/mol. The van der Waals surface area contributed by atoms with Crippen molar-refractivity contribution in [2.24, 2.45) is 0 Å². The maximum Gasteiger partial charge on any atom is 0.155 e. The zero-order valence-corrected chi connectivity index (χ0v) is 8.44. The van der Waals surface area contributed by atoms with E-state index in [2.05, 4.69) is 15.5 Å². The van der Waals surface area contributed by atoms with Gasteiger partial charge in [0.05, 0.1) is 0 Å². The fourth-order valence-electron chi connectivity index (χ4n) is 1.57. The largest absolute Gasteiger partial charge is 0.316 e. The Hall–Kier alpha value is -0.380. The van der Waals surface area contributed by atoms with Crippen molar-refractivity contribution in [3.8, 4) is 0 Å². The summed E-state index contributed by atoms with van der Waals surface area (Å²) >= 11 is 11.7. The van der Waals surface area contributed by atoms with E-state index in [0.717, 1.165) is 25.1 Å². The molecule has 0 bridgehead atoms. The third kappa shape index (κ3) is 1.93. The Morgan fingerprint density at radius 2 is 2.23 bits per heavy atom. The first kappa shape index (κ1) is 9.19. The van der Waals surface area contributed by atoms with Gasteiger partial charge in [-0.25, -0.2) is 0 Å². The second-order valence-corrected chi connectivity index (χ2v) is 3.85. The number of halogens is 2. The zero-order valence-electron chi connectivity index (χ0n) is 6.93. The highest BCUT2D eigenvalue weighted by Crippen LogP contribution is 2.28. The normalized spacial score (nSPS) is 22.2. The van der Waals surface area contributed by atoms with Gasteiger partial charge in [-0.1, -0.05) is 23.2 Å². The number of hydrogen-bond acceptors (Lipinski definition) is 3. The van der Waals surface area contributed by atoms with Crippen molar-refractivity contribution >= 4 is 23.2 Å². The van der Waals surface area contributed by atoms with E-state index in [4.69, 9.17) is 23.2 Å². The molecular formula is C8H9Cl2N3. The molecule has 1 aromatic heterocycles. The van der Waals surface area contributed by atoms with Crippen molar-refractivity contribution in [3.63, 3.8) is 0 Å². The average molecular weight is 218 g/mol. The van der Waals surface area contributed by atoms with Crippen molar-refractivity contribution in [2.75, 3.05) is 13.1 Å². The van der Waals surface area contributed by atoms with Crippen LogP contribution in [-0.2, 0) is 0 Å². The van der Waals surface area contributed by atoms with Crippen molar-refractivity contribution in [2.45, 2.75) is 12.3 Å². The van der Waals surface area contributed by atoms with Gasteiger partial charge in [0.15, 0.2) is 10.3 Å². The highest BCUT2D eigenvalue weighted by Gasteiger charge is 2.20. The second-order valence-electron chi connectivity index (χ2n) is 3.10. The monoisotopic (exact) mass is 217 g/mol. The molecule has 1 fully saturated rings. The molecule has 1 unspecified atom stereocenters. The van der Waals surface area contributed by atoms with Gasteiger partial charge < -0.3 is 5.32 Å². The van der Waals surface area contributed by atoms with Crippen LogP contribution in [0, 0.1) is 0 Å². The van der Waals surface area contributed by atoms with Crippen LogP contribution in [0.15, 0.2) is 6.07 Å². The van der Waals surface area contributed by atoms with Gasteiger partial charge in [0, 0.05) is 12.5 Å². The summed E-state index contributed by atoms with van der Waals surface area (Å²) in [6.45, 7) is 1.97. The van der Waals surface area contributed by atoms with Crippen LogP contribution < -0.4 is 5.32 Å². The molecule has 0 amide bonds. The second kappa shape index (κ2) is 3.78. The van der Waals surface area contributed by atoms with Crippen LogP contribution in [0.3, 0.4) is 0 Å². The topological polar surface area (TPSA) is 37.8 Å². The molecule has 1 saturated heterocycles. The van der Waals surface area contributed by atoms with Crippen molar-refractivity contribution in [1.29, 1.82) is 0 Å². The third-order valence-electron chi connectivity index (χ3n) is 2.25. The van der Waals surface area contributed by atoms with E-state index in [1.165, 1.54) is 0 Å². The van der Waals surface area contributed by atoms with Crippen molar-refractivity contribution in [3.05, 3.63) is 21.9 Å². The molecule has 3 nitrogen and oxygen atoms in total. The fraction of sp³-hybridized carbons (Fsp3) is 0.500. The molecule has 0 spiro atoms. The molecule has 0 aromatic carbocycles. The van der Waals surface area contributed by atoms with Gasteiger partial charge in [-0.15, -0.1) is 10.2 Å². The number of rotatable bonds is 1. The first-order chi connectivity index (χ1) is 6.27. The molecule has 0 radical (unpaired) electrons. The van der Waals surface area contributed by atoms with Crippen LogP contribution >= 0.6 is 23.2 Å². The summed E-state index contributed by atoms with van der Waals surface area (Å²) < 4.78 is 0. The molecule has 0 saturated carbocycles. The van der Waals surface area contributed by atoms with E-state index in [0.29, 0.717) is 16.2 Å². The van der Waals surface area contributed by atoms with E-state index < -0.39 is 0 Å². The maximum atomic E-state index is 5.92. The SMILES string of the molecule is Clc1cc(C2CCNC2)c(Cl)nn1. The summed E-state index contributed by atoms with van der Waals surface area (Å²) in [6, 6.07) is 1.80.